The standard InChI is InChI=1S/C22H24N2O6S/c1-4-30-21(26)15-7-5-6-14-17-19(31-18(14)15)23-22(27)24(20(17)25)11-12-8-9-13(28-2)10-16(12)29-3/h8-10,15H,4-7,11H2,1-3H3,(H,23,27). The molecule has 1 atom stereocenters. The van der Waals surface area contributed by atoms with Crippen LogP contribution in [-0.4, -0.2) is 36.3 Å². The van der Waals surface area contributed by atoms with Crippen molar-refractivity contribution >= 4 is 27.5 Å². The molecule has 31 heavy (non-hydrogen) atoms. The molecular formula is C22H24N2O6S. The smallest absolute Gasteiger partial charge is 0.329 e. The van der Waals surface area contributed by atoms with E-state index in [0.717, 1.165) is 16.9 Å². The lowest BCUT2D eigenvalue weighted by atomic mass is 9.88. The second-order valence-electron chi connectivity index (χ2n) is 7.35. The number of esters is 1. The number of H-pyrrole nitrogens is 1. The Bertz CT molecular complexity index is 1260. The largest absolute Gasteiger partial charge is 0.497 e. The molecule has 1 unspecified atom stereocenters. The third kappa shape index (κ3) is 3.74. The second kappa shape index (κ2) is 8.58. The van der Waals surface area contributed by atoms with Gasteiger partial charge in [0.2, 0.25) is 0 Å². The van der Waals surface area contributed by atoms with E-state index in [1.54, 1.807) is 32.2 Å². The van der Waals surface area contributed by atoms with Gasteiger partial charge < -0.3 is 14.2 Å². The van der Waals surface area contributed by atoms with Gasteiger partial charge in [-0.15, -0.1) is 11.3 Å². The summed E-state index contributed by atoms with van der Waals surface area (Å²) in [5.74, 6) is 0.481. The summed E-state index contributed by atoms with van der Waals surface area (Å²) in [5.41, 5.74) is 0.671. The van der Waals surface area contributed by atoms with Gasteiger partial charge in [-0.1, -0.05) is 0 Å². The third-order valence-corrected chi connectivity index (χ3v) is 6.85. The highest BCUT2D eigenvalue weighted by molar-refractivity contribution is 7.19. The molecule has 8 nitrogen and oxygen atoms in total. The minimum atomic E-state index is -0.498. The molecule has 4 rings (SSSR count). The molecule has 3 aromatic rings. The maximum atomic E-state index is 13.4. The van der Waals surface area contributed by atoms with E-state index in [9.17, 15) is 14.4 Å². The van der Waals surface area contributed by atoms with E-state index in [4.69, 9.17) is 14.2 Å². The number of thiophene rings is 1. The number of hydrogen-bond donors (Lipinski definition) is 1. The molecule has 1 aliphatic rings. The van der Waals surface area contributed by atoms with Crippen LogP contribution in [0.1, 0.15) is 41.7 Å². The molecule has 1 aliphatic carbocycles. The molecule has 0 fully saturated rings. The lowest BCUT2D eigenvalue weighted by Crippen LogP contribution is -2.35. The fraction of sp³-hybridized carbons (Fsp3) is 0.409. The van der Waals surface area contributed by atoms with Gasteiger partial charge in [0.15, 0.2) is 0 Å². The predicted octanol–water partition coefficient (Wildman–Crippen LogP) is 2.80. The van der Waals surface area contributed by atoms with Crippen molar-refractivity contribution in [1.82, 2.24) is 9.55 Å². The van der Waals surface area contributed by atoms with Gasteiger partial charge in [-0.2, -0.15) is 0 Å². The van der Waals surface area contributed by atoms with E-state index >= 15 is 0 Å². The summed E-state index contributed by atoms with van der Waals surface area (Å²) >= 11 is 1.31. The number of ether oxygens (including phenoxy) is 3. The summed E-state index contributed by atoms with van der Waals surface area (Å²) in [5, 5.41) is 0.487. The number of carbonyl (C=O) groups is 1. The highest BCUT2D eigenvalue weighted by Gasteiger charge is 2.32. The van der Waals surface area contributed by atoms with Crippen molar-refractivity contribution in [2.75, 3.05) is 20.8 Å². The molecule has 0 radical (unpaired) electrons. The average molecular weight is 445 g/mol. The van der Waals surface area contributed by atoms with Crippen molar-refractivity contribution in [3.05, 3.63) is 55.0 Å². The van der Waals surface area contributed by atoms with Crippen LogP contribution in [0.4, 0.5) is 0 Å². The zero-order chi connectivity index (χ0) is 22.1. The molecule has 2 heterocycles. The van der Waals surface area contributed by atoms with Crippen LogP contribution in [0.25, 0.3) is 10.2 Å². The maximum Gasteiger partial charge on any atom is 0.329 e. The first-order valence-corrected chi connectivity index (χ1v) is 11.0. The van der Waals surface area contributed by atoms with E-state index in [1.165, 1.54) is 23.0 Å². The number of aryl methyl sites for hydroxylation is 1. The molecule has 0 amide bonds. The van der Waals surface area contributed by atoms with E-state index in [-0.39, 0.29) is 24.0 Å². The summed E-state index contributed by atoms with van der Waals surface area (Å²) in [4.78, 5) is 42.7. The van der Waals surface area contributed by atoms with Crippen molar-refractivity contribution in [2.45, 2.75) is 38.6 Å². The summed E-state index contributed by atoms with van der Waals surface area (Å²) in [6.07, 6.45) is 2.16. The number of nitrogens with zero attached hydrogens (tertiary/aromatic N) is 1. The Kier molecular flexibility index (Phi) is 5.86. The summed E-state index contributed by atoms with van der Waals surface area (Å²) < 4.78 is 17.0. The number of hydrogen-bond acceptors (Lipinski definition) is 7. The van der Waals surface area contributed by atoms with Crippen molar-refractivity contribution in [3.63, 3.8) is 0 Å². The van der Waals surface area contributed by atoms with E-state index in [1.807, 2.05) is 0 Å². The molecule has 0 aliphatic heterocycles. The molecule has 0 saturated heterocycles. The molecule has 0 spiro atoms. The number of aromatic nitrogens is 2. The Balaban J connectivity index is 1.82. The van der Waals surface area contributed by atoms with Crippen LogP contribution < -0.4 is 20.7 Å². The summed E-state index contributed by atoms with van der Waals surface area (Å²) in [6, 6.07) is 5.24. The topological polar surface area (TPSA) is 99.6 Å². The van der Waals surface area contributed by atoms with Crippen LogP contribution in [-0.2, 0) is 22.5 Å². The van der Waals surface area contributed by atoms with E-state index < -0.39 is 5.69 Å². The quantitative estimate of drug-likeness (QED) is 0.587. The molecule has 164 valence electrons. The number of aromatic amines is 1. The van der Waals surface area contributed by atoms with Gasteiger partial charge in [-0.3, -0.25) is 19.1 Å². The number of nitrogens with one attached hydrogen (secondary N) is 1. The first-order chi connectivity index (χ1) is 15.0. The molecule has 2 aromatic heterocycles. The van der Waals surface area contributed by atoms with E-state index in [0.29, 0.717) is 46.7 Å². The summed E-state index contributed by atoms with van der Waals surface area (Å²) in [6.45, 7) is 2.14. The molecule has 1 N–H and O–H groups in total. The first-order valence-electron chi connectivity index (χ1n) is 10.1. The SMILES string of the molecule is CCOC(=O)C1CCCc2c1sc1[nH]c(=O)n(Cc3ccc(OC)cc3OC)c(=O)c21. The lowest BCUT2D eigenvalue weighted by Gasteiger charge is -2.20. The predicted molar refractivity (Wildman–Crippen MR) is 118 cm³/mol. The maximum absolute atomic E-state index is 13.4. The fourth-order valence-corrected chi connectivity index (χ4v) is 5.45. The zero-order valence-electron chi connectivity index (χ0n) is 17.6. The van der Waals surface area contributed by atoms with Crippen molar-refractivity contribution in [2.24, 2.45) is 0 Å². The van der Waals surface area contributed by atoms with Crippen LogP contribution in [0.3, 0.4) is 0 Å². The van der Waals surface area contributed by atoms with Gasteiger partial charge in [0.25, 0.3) is 5.56 Å². The van der Waals surface area contributed by atoms with Crippen LogP contribution >= 0.6 is 11.3 Å². The van der Waals surface area contributed by atoms with Gasteiger partial charge in [0, 0.05) is 16.5 Å². The number of fused-ring (bicyclic) bond motifs is 3. The molecule has 0 saturated carbocycles. The molecule has 0 bridgehead atoms. The minimum absolute atomic E-state index is 0.0587. The first kappa shape index (κ1) is 21.2. The van der Waals surface area contributed by atoms with Gasteiger partial charge in [0.1, 0.15) is 16.3 Å². The van der Waals surface area contributed by atoms with Gasteiger partial charge in [-0.05, 0) is 43.9 Å². The highest BCUT2D eigenvalue weighted by atomic mass is 32.1. The van der Waals surface area contributed by atoms with Crippen LogP contribution in [0.15, 0.2) is 27.8 Å². The highest BCUT2D eigenvalue weighted by Crippen LogP contribution is 2.40. The number of methoxy groups -OCH3 is 2. The van der Waals surface area contributed by atoms with Crippen molar-refractivity contribution < 1.29 is 19.0 Å². The lowest BCUT2D eigenvalue weighted by molar-refractivity contribution is -0.145. The Morgan fingerprint density at radius 3 is 2.77 bits per heavy atom. The molecular weight excluding hydrogens is 420 g/mol. The Hall–Kier alpha value is -3.07. The van der Waals surface area contributed by atoms with Gasteiger partial charge >= 0.3 is 11.7 Å². The Labute approximate surface area is 182 Å². The van der Waals surface area contributed by atoms with Gasteiger partial charge in [0.05, 0.1) is 38.7 Å². The van der Waals surface area contributed by atoms with Crippen LogP contribution in [0, 0.1) is 0 Å². The average Bonchev–Trinajstić information content (AvgIpc) is 3.14. The number of rotatable bonds is 6. The fourth-order valence-electron chi connectivity index (χ4n) is 4.10. The van der Waals surface area contributed by atoms with Crippen LogP contribution in [0.5, 0.6) is 11.5 Å². The number of benzene rings is 1. The second-order valence-corrected chi connectivity index (χ2v) is 8.40. The van der Waals surface area contributed by atoms with Crippen molar-refractivity contribution in [1.29, 1.82) is 0 Å². The Morgan fingerprint density at radius 2 is 2.06 bits per heavy atom. The van der Waals surface area contributed by atoms with Crippen molar-refractivity contribution in [3.8, 4) is 11.5 Å². The monoisotopic (exact) mass is 444 g/mol. The number of carbonyl (C=O) groups excluding carboxylic acids is 1. The zero-order valence-corrected chi connectivity index (χ0v) is 18.5. The van der Waals surface area contributed by atoms with E-state index in [2.05, 4.69) is 4.98 Å². The third-order valence-electron chi connectivity index (χ3n) is 5.59. The summed E-state index contributed by atoms with van der Waals surface area (Å²) in [7, 11) is 3.08. The molecule has 1 aromatic carbocycles. The Morgan fingerprint density at radius 1 is 1.26 bits per heavy atom. The minimum Gasteiger partial charge on any atom is -0.497 e. The van der Waals surface area contributed by atoms with Crippen LogP contribution in [0.2, 0.25) is 0 Å². The van der Waals surface area contributed by atoms with Gasteiger partial charge in [-0.25, -0.2) is 4.79 Å². The molecule has 9 heteroatoms. The normalized spacial score (nSPS) is 15.5.